The zero-order valence-corrected chi connectivity index (χ0v) is 22.1. The molecule has 2 aromatic heterocycles. The topological polar surface area (TPSA) is 115 Å². The highest BCUT2D eigenvalue weighted by Gasteiger charge is 2.39. The maximum Gasteiger partial charge on any atom is 0.271 e. The van der Waals surface area contributed by atoms with Crippen molar-refractivity contribution in [2.75, 3.05) is 5.32 Å². The third-order valence-electron chi connectivity index (χ3n) is 7.00. The van der Waals surface area contributed by atoms with Gasteiger partial charge in [0.2, 0.25) is 0 Å². The van der Waals surface area contributed by atoms with Crippen LogP contribution in [0.25, 0.3) is 11.3 Å². The molecule has 4 rings (SSSR count). The summed E-state index contributed by atoms with van der Waals surface area (Å²) in [7, 11) is -1.42. The second kappa shape index (κ2) is 9.18. The maximum absolute atomic E-state index is 12.8. The third-order valence-corrected chi connectivity index (χ3v) is 9.61. The molecule has 4 N–H and O–H groups in total. The van der Waals surface area contributed by atoms with E-state index in [0.717, 1.165) is 48.2 Å². The number of rotatable bonds is 9. The minimum atomic E-state index is -1.42. The van der Waals surface area contributed by atoms with Gasteiger partial charge < -0.3 is 20.9 Å². The van der Waals surface area contributed by atoms with Crippen LogP contribution in [0.4, 0.5) is 5.69 Å². The number of pyridine rings is 1. The van der Waals surface area contributed by atoms with E-state index in [1.54, 1.807) is 10.9 Å². The monoisotopic (exact) mass is 483 g/mol. The first-order valence-corrected chi connectivity index (χ1v) is 15.7. The molecule has 0 aliphatic heterocycles. The number of ether oxygens (including phenoxy) is 1. The smallest absolute Gasteiger partial charge is 0.271 e. The van der Waals surface area contributed by atoms with E-state index in [2.05, 4.69) is 42.0 Å². The summed E-state index contributed by atoms with van der Waals surface area (Å²) >= 11 is 0. The Kier molecular flexibility index (Phi) is 6.61. The Bertz CT molecular complexity index is 1110. The van der Waals surface area contributed by atoms with Crippen molar-refractivity contribution in [1.29, 1.82) is 0 Å². The molecule has 0 unspecified atom stereocenters. The van der Waals surface area contributed by atoms with E-state index >= 15 is 0 Å². The average Bonchev–Trinajstić information content (AvgIpc) is 3.67. The van der Waals surface area contributed by atoms with Crippen LogP contribution in [0.2, 0.25) is 19.6 Å². The van der Waals surface area contributed by atoms with Gasteiger partial charge in [-0.15, -0.1) is 0 Å². The van der Waals surface area contributed by atoms with E-state index in [1.165, 1.54) is 6.07 Å². The van der Waals surface area contributed by atoms with Crippen LogP contribution in [-0.2, 0) is 16.3 Å². The van der Waals surface area contributed by atoms with Crippen molar-refractivity contribution >= 4 is 19.7 Å². The fourth-order valence-electron chi connectivity index (χ4n) is 4.20. The fourth-order valence-corrected chi connectivity index (χ4v) is 4.78. The molecule has 0 bridgehead atoms. The summed E-state index contributed by atoms with van der Waals surface area (Å²) in [5.41, 5.74) is 11.1. The van der Waals surface area contributed by atoms with Crippen LogP contribution in [-0.4, -0.2) is 39.6 Å². The Hall–Kier alpha value is -2.65. The second-order valence-corrected chi connectivity index (χ2v) is 16.4. The first-order valence-electron chi connectivity index (χ1n) is 12.1. The lowest BCUT2D eigenvalue weighted by Gasteiger charge is -2.25. The van der Waals surface area contributed by atoms with Crippen molar-refractivity contribution in [1.82, 2.24) is 14.8 Å². The minimum absolute atomic E-state index is 0.0212. The van der Waals surface area contributed by atoms with Crippen molar-refractivity contribution in [3.05, 3.63) is 34.9 Å². The van der Waals surface area contributed by atoms with E-state index in [0.29, 0.717) is 35.6 Å². The fraction of sp³-hybridized carbons (Fsp3) is 0.560. The van der Waals surface area contributed by atoms with Gasteiger partial charge in [0.05, 0.1) is 31.3 Å². The zero-order chi connectivity index (χ0) is 24.8. The molecular weight excluding hydrogens is 446 g/mol. The summed E-state index contributed by atoms with van der Waals surface area (Å²) in [4.78, 5) is 17.2. The predicted molar refractivity (Wildman–Crippen MR) is 136 cm³/mol. The molecule has 2 fully saturated rings. The molecule has 9 heteroatoms. The van der Waals surface area contributed by atoms with Crippen molar-refractivity contribution in [2.45, 2.75) is 78.6 Å². The van der Waals surface area contributed by atoms with Crippen molar-refractivity contribution in [3.63, 3.8) is 0 Å². The SMILES string of the molecule is Cc1nn(CO[C@H](C)[Si](C)(C)C)c(C)c1-c1ncc(NC(=O)C(N)=C(C2CC2)C2CC2)cc1O. The van der Waals surface area contributed by atoms with E-state index < -0.39 is 8.07 Å². The highest BCUT2D eigenvalue weighted by Crippen LogP contribution is 2.49. The summed E-state index contributed by atoms with van der Waals surface area (Å²) in [5, 5.41) is 18.2. The van der Waals surface area contributed by atoms with Gasteiger partial charge in [0.1, 0.15) is 18.2 Å². The number of allylic oxidation sites excluding steroid dienone is 1. The molecule has 0 aromatic carbocycles. The van der Waals surface area contributed by atoms with Crippen molar-refractivity contribution in [3.8, 4) is 17.0 Å². The molecule has 2 aliphatic carbocycles. The van der Waals surface area contributed by atoms with Gasteiger partial charge in [-0.05, 0) is 63.9 Å². The highest BCUT2D eigenvalue weighted by molar-refractivity contribution is 6.77. The second-order valence-electron chi connectivity index (χ2n) is 10.8. The van der Waals surface area contributed by atoms with Gasteiger partial charge in [-0.1, -0.05) is 19.6 Å². The summed E-state index contributed by atoms with van der Waals surface area (Å²) in [6.45, 7) is 13.1. The van der Waals surface area contributed by atoms with Gasteiger partial charge in [-0.25, -0.2) is 4.68 Å². The van der Waals surface area contributed by atoms with Crippen molar-refractivity contribution < 1.29 is 14.6 Å². The third kappa shape index (κ3) is 5.20. The van der Waals surface area contributed by atoms with Crippen LogP contribution in [0.1, 0.15) is 44.0 Å². The lowest BCUT2D eigenvalue weighted by molar-refractivity contribution is -0.113. The number of carbonyl (C=O) groups is 1. The normalized spacial score (nSPS) is 16.9. The Labute approximate surface area is 202 Å². The Balaban J connectivity index is 1.51. The molecule has 2 saturated carbocycles. The number of anilines is 1. The van der Waals surface area contributed by atoms with Crippen molar-refractivity contribution in [2.24, 2.45) is 17.6 Å². The number of amides is 1. The number of aromatic hydroxyl groups is 1. The van der Waals surface area contributed by atoms with E-state index in [1.807, 2.05) is 13.8 Å². The first-order chi connectivity index (χ1) is 16.0. The van der Waals surface area contributed by atoms with Crippen LogP contribution in [0.3, 0.4) is 0 Å². The Morgan fingerprint density at radius 3 is 2.41 bits per heavy atom. The number of aromatic nitrogens is 3. The number of carbonyl (C=O) groups excluding carboxylic acids is 1. The summed E-state index contributed by atoms with van der Waals surface area (Å²) < 4.78 is 7.88. The van der Waals surface area contributed by atoms with Crippen LogP contribution >= 0.6 is 0 Å². The molecule has 0 spiro atoms. The number of hydrogen-bond donors (Lipinski definition) is 3. The Morgan fingerprint density at radius 2 is 1.88 bits per heavy atom. The number of nitrogens with two attached hydrogens (primary N) is 1. The largest absolute Gasteiger partial charge is 0.506 e. The molecule has 1 amide bonds. The quantitative estimate of drug-likeness (QED) is 0.358. The van der Waals surface area contributed by atoms with Gasteiger partial charge in [0.25, 0.3) is 5.91 Å². The molecule has 2 aromatic rings. The lowest BCUT2D eigenvalue weighted by atomic mass is 10.0. The maximum atomic E-state index is 12.8. The van der Waals surface area contributed by atoms with Gasteiger partial charge in [0.15, 0.2) is 0 Å². The molecule has 2 aliphatic rings. The molecule has 0 saturated heterocycles. The van der Waals surface area contributed by atoms with Crippen LogP contribution in [0, 0.1) is 25.7 Å². The molecule has 8 nitrogen and oxygen atoms in total. The van der Waals surface area contributed by atoms with Crippen LogP contribution < -0.4 is 11.1 Å². The highest BCUT2D eigenvalue weighted by atomic mass is 28.3. The van der Waals surface area contributed by atoms with Gasteiger partial charge in [0, 0.05) is 23.1 Å². The molecule has 2 heterocycles. The number of aryl methyl sites for hydroxylation is 1. The molecular formula is C25H37N5O3Si. The molecule has 0 radical (unpaired) electrons. The first kappa shape index (κ1) is 24.5. The summed E-state index contributed by atoms with van der Waals surface area (Å²) in [6, 6.07) is 1.52. The summed E-state index contributed by atoms with van der Waals surface area (Å²) in [5.74, 6) is 0.586. The van der Waals surface area contributed by atoms with E-state index in [4.69, 9.17) is 10.5 Å². The number of nitrogens with zero attached hydrogens (tertiary/aromatic N) is 3. The summed E-state index contributed by atoms with van der Waals surface area (Å²) in [6.07, 6.45) is 6.02. The number of nitrogens with one attached hydrogen (secondary N) is 1. The van der Waals surface area contributed by atoms with Gasteiger partial charge >= 0.3 is 0 Å². The minimum Gasteiger partial charge on any atom is -0.506 e. The molecule has 1 atom stereocenters. The van der Waals surface area contributed by atoms with E-state index in [-0.39, 0.29) is 17.4 Å². The van der Waals surface area contributed by atoms with E-state index in [9.17, 15) is 9.90 Å². The lowest BCUT2D eigenvalue weighted by Crippen LogP contribution is -2.38. The zero-order valence-electron chi connectivity index (χ0n) is 21.1. The molecule has 184 valence electrons. The molecule has 34 heavy (non-hydrogen) atoms. The predicted octanol–water partition coefficient (Wildman–Crippen LogP) is 4.48. The van der Waals surface area contributed by atoms with Gasteiger partial charge in [-0.2, -0.15) is 5.10 Å². The number of hydrogen-bond acceptors (Lipinski definition) is 6. The van der Waals surface area contributed by atoms with Gasteiger partial charge in [-0.3, -0.25) is 9.78 Å². The standard InChI is InChI=1S/C25H37N5O3Si/c1-14-21(15(2)30(29-14)13-33-16(3)34(4,5)6)24-20(31)11-19(12-27-24)28-25(32)23(26)22(17-7-8-17)18-9-10-18/h11-12,16-18,31H,7-10,13,26H2,1-6H3,(H,28,32)/t16-/m0/s1. The average molecular weight is 484 g/mol. The van der Waals surface area contributed by atoms with Crippen LogP contribution in [0.5, 0.6) is 5.75 Å². The Morgan fingerprint density at radius 1 is 1.26 bits per heavy atom. The van der Waals surface area contributed by atoms with Crippen LogP contribution in [0.15, 0.2) is 23.5 Å².